The summed E-state index contributed by atoms with van der Waals surface area (Å²) in [4.78, 5) is 0. The maximum absolute atomic E-state index is 2.41. The second-order valence-corrected chi connectivity index (χ2v) is 6.62. The van der Waals surface area contributed by atoms with Crippen molar-refractivity contribution in [3.05, 3.63) is 30.6 Å². The van der Waals surface area contributed by atoms with E-state index in [0.717, 1.165) is 5.92 Å². The van der Waals surface area contributed by atoms with Gasteiger partial charge in [0.1, 0.15) is 6.54 Å². The fourth-order valence-electron chi connectivity index (χ4n) is 2.90. The molecule has 0 aliphatic rings. The summed E-state index contributed by atoms with van der Waals surface area (Å²) in [7, 11) is 0. The van der Waals surface area contributed by atoms with Crippen molar-refractivity contribution >= 4 is 0 Å². The van der Waals surface area contributed by atoms with Crippen molar-refractivity contribution in [1.29, 1.82) is 0 Å². The van der Waals surface area contributed by atoms with E-state index in [4.69, 9.17) is 0 Å². The van der Waals surface area contributed by atoms with Crippen LogP contribution >= 0.6 is 0 Å². The van der Waals surface area contributed by atoms with Crippen LogP contribution in [0.15, 0.2) is 30.6 Å². The average molecular weight is 291 g/mol. The highest BCUT2D eigenvalue weighted by Gasteiger charge is 2.05. The molecule has 1 aromatic heterocycles. The van der Waals surface area contributed by atoms with Gasteiger partial charge in [0.25, 0.3) is 0 Å². The van der Waals surface area contributed by atoms with Crippen molar-refractivity contribution in [3.8, 4) is 0 Å². The summed E-state index contributed by atoms with van der Waals surface area (Å²) in [5, 5.41) is 0. The van der Waals surface area contributed by atoms with E-state index in [1.165, 1.54) is 77.2 Å². The highest BCUT2D eigenvalue weighted by Crippen LogP contribution is 2.15. The van der Waals surface area contributed by atoms with Gasteiger partial charge in [-0.1, -0.05) is 84.1 Å². The van der Waals surface area contributed by atoms with Crippen molar-refractivity contribution in [2.45, 2.75) is 91.0 Å². The fourth-order valence-corrected chi connectivity index (χ4v) is 2.90. The van der Waals surface area contributed by atoms with Crippen molar-refractivity contribution in [1.82, 2.24) is 0 Å². The Bertz CT molecular complexity index is 320. The summed E-state index contributed by atoms with van der Waals surface area (Å²) in [6.45, 7) is 5.87. The van der Waals surface area contributed by atoms with Crippen LogP contribution < -0.4 is 4.57 Å². The Morgan fingerprint density at radius 1 is 0.714 bits per heavy atom. The summed E-state index contributed by atoms with van der Waals surface area (Å²) < 4.78 is 2.30. The molecule has 1 nitrogen and oxygen atoms in total. The monoisotopic (exact) mass is 290 g/mol. The standard InChI is InChI=1S/C20H36N/c1-3-4-5-6-7-8-9-10-12-15-20(2)16-19-21-17-13-11-14-18-21/h11,13-14,17-18,20H,3-10,12,15-16,19H2,1-2H3/q+1. The molecule has 1 heteroatoms. The third-order valence-electron chi connectivity index (χ3n) is 4.46. The van der Waals surface area contributed by atoms with Crippen LogP contribution in [-0.2, 0) is 6.54 Å². The Kier molecular flexibility index (Phi) is 11.1. The van der Waals surface area contributed by atoms with Crippen LogP contribution in [0.4, 0.5) is 0 Å². The van der Waals surface area contributed by atoms with Crippen LogP contribution in [0.5, 0.6) is 0 Å². The lowest BCUT2D eigenvalue weighted by Gasteiger charge is -2.09. The molecule has 0 amide bonds. The molecule has 1 atom stereocenters. The highest BCUT2D eigenvalue weighted by molar-refractivity contribution is 4.83. The molecule has 21 heavy (non-hydrogen) atoms. The lowest BCUT2D eigenvalue weighted by atomic mass is 9.98. The van der Waals surface area contributed by atoms with Gasteiger partial charge >= 0.3 is 0 Å². The molecule has 0 fully saturated rings. The van der Waals surface area contributed by atoms with Gasteiger partial charge in [0.15, 0.2) is 12.4 Å². The van der Waals surface area contributed by atoms with Crippen molar-refractivity contribution in [3.63, 3.8) is 0 Å². The summed E-state index contributed by atoms with van der Waals surface area (Å²) in [6, 6.07) is 6.32. The van der Waals surface area contributed by atoms with Gasteiger partial charge in [0, 0.05) is 18.6 Å². The smallest absolute Gasteiger partial charge is 0.168 e. The molecule has 120 valence electrons. The third-order valence-corrected chi connectivity index (χ3v) is 4.46. The van der Waals surface area contributed by atoms with Gasteiger partial charge in [0.2, 0.25) is 0 Å². The second kappa shape index (κ2) is 12.9. The molecule has 1 aromatic rings. The molecule has 1 unspecified atom stereocenters. The number of nitrogens with zero attached hydrogens (tertiary/aromatic N) is 1. The summed E-state index contributed by atoms with van der Waals surface area (Å²) in [6.07, 6.45) is 20.0. The summed E-state index contributed by atoms with van der Waals surface area (Å²) in [5.41, 5.74) is 0. The van der Waals surface area contributed by atoms with Gasteiger partial charge in [-0.25, -0.2) is 4.57 Å². The maximum Gasteiger partial charge on any atom is 0.168 e. The van der Waals surface area contributed by atoms with E-state index >= 15 is 0 Å². The number of aryl methyl sites for hydroxylation is 1. The van der Waals surface area contributed by atoms with Crippen LogP contribution in [0.2, 0.25) is 0 Å². The average Bonchev–Trinajstić information content (AvgIpc) is 2.52. The molecule has 0 aliphatic heterocycles. The number of hydrogen-bond donors (Lipinski definition) is 0. The van der Waals surface area contributed by atoms with Gasteiger partial charge in [-0.15, -0.1) is 0 Å². The molecule has 0 bridgehead atoms. The largest absolute Gasteiger partial charge is 0.205 e. The number of hydrogen-bond acceptors (Lipinski definition) is 0. The van der Waals surface area contributed by atoms with Crippen molar-refractivity contribution in [2.75, 3.05) is 0 Å². The lowest BCUT2D eigenvalue weighted by Crippen LogP contribution is -2.33. The minimum atomic E-state index is 0.863. The maximum atomic E-state index is 2.41. The normalized spacial score (nSPS) is 12.5. The van der Waals surface area contributed by atoms with Crippen LogP contribution in [0.25, 0.3) is 0 Å². The van der Waals surface area contributed by atoms with Crippen LogP contribution in [0.1, 0.15) is 84.5 Å². The van der Waals surface area contributed by atoms with Crippen LogP contribution in [0.3, 0.4) is 0 Å². The first kappa shape index (κ1) is 18.2. The Morgan fingerprint density at radius 3 is 1.90 bits per heavy atom. The zero-order chi connectivity index (χ0) is 15.2. The molecule has 1 rings (SSSR count). The van der Waals surface area contributed by atoms with Crippen LogP contribution in [-0.4, -0.2) is 0 Å². The van der Waals surface area contributed by atoms with E-state index in [-0.39, 0.29) is 0 Å². The number of aromatic nitrogens is 1. The lowest BCUT2D eigenvalue weighted by molar-refractivity contribution is -0.698. The van der Waals surface area contributed by atoms with Crippen molar-refractivity contribution < 1.29 is 4.57 Å². The Labute approximate surface area is 132 Å². The zero-order valence-electron chi connectivity index (χ0n) is 14.4. The molecule has 1 heterocycles. The predicted molar refractivity (Wildman–Crippen MR) is 92.3 cm³/mol. The first-order valence-electron chi connectivity index (χ1n) is 9.27. The molecule has 0 spiro atoms. The van der Waals surface area contributed by atoms with E-state index in [2.05, 4.69) is 49.0 Å². The molecular formula is C20H36N+. The molecule has 0 N–H and O–H groups in total. The number of pyridine rings is 1. The third kappa shape index (κ3) is 10.5. The molecule has 0 saturated heterocycles. The zero-order valence-corrected chi connectivity index (χ0v) is 14.4. The molecule has 0 aliphatic carbocycles. The highest BCUT2D eigenvalue weighted by atomic mass is 14.9. The SMILES string of the molecule is CCCCCCCCCCCC(C)CC[n+]1ccccc1. The van der Waals surface area contributed by atoms with E-state index in [0.29, 0.717) is 0 Å². The molecule has 0 saturated carbocycles. The molecule has 0 radical (unpaired) electrons. The van der Waals surface area contributed by atoms with Gasteiger partial charge in [-0.3, -0.25) is 0 Å². The first-order chi connectivity index (χ1) is 10.3. The minimum Gasteiger partial charge on any atom is -0.205 e. The Balaban J connectivity index is 1.88. The number of rotatable bonds is 13. The van der Waals surface area contributed by atoms with Gasteiger partial charge in [-0.05, 0) is 5.92 Å². The van der Waals surface area contributed by atoms with Gasteiger partial charge in [0.05, 0.1) is 0 Å². The van der Waals surface area contributed by atoms with Gasteiger partial charge < -0.3 is 0 Å². The van der Waals surface area contributed by atoms with Gasteiger partial charge in [-0.2, -0.15) is 0 Å². The quantitative estimate of drug-likeness (QED) is 0.313. The van der Waals surface area contributed by atoms with Crippen molar-refractivity contribution in [2.24, 2.45) is 5.92 Å². The van der Waals surface area contributed by atoms with E-state index < -0.39 is 0 Å². The Morgan fingerprint density at radius 2 is 1.29 bits per heavy atom. The molecular weight excluding hydrogens is 254 g/mol. The Hall–Kier alpha value is -0.850. The predicted octanol–water partition coefficient (Wildman–Crippen LogP) is 5.92. The summed E-state index contributed by atoms with van der Waals surface area (Å²) >= 11 is 0. The van der Waals surface area contributed by atoms with Crippen LogP contribution in [0, 0.1) is 5.92 Å². The fraction of sp³-hybridized carbons (Fsp3) is 0.750. The summed E-state index contributed by atoms with van der Waals surface area (Å²) in [5.74, 6) is 0.863. The number of unbranched alkanes of at least 4 members (excludes halogenated alkanes) is 8. The van der Waals surface area contributed by atoms with E-state index in [1.807, 2.05) is 0 Å². The first-order valence-corrected chi connectivity index (χ1v) is 9.27. The second-order valence-electron chi connectivity index (χ2n) is 6.62. The topological polar surface area (TPSA) is 3.88 Å². The van der Waals surface area contributed by atoms with E-state index in [1.54, 1.807) is 0 Å². The minimum absolute atomic E-state index is 0.863. The molecule has 0 aromatic carbocycles. The van der Waals surface area contributed by atoms with E-state index in [9.17, 15) is 0 Å².